The normalized spacial score (nSPS) is 15.9. The molecule has 0 aromatic heterocycles. The summed E-state index contributed by atoms with van der Waals surface area (Å²) >= 11 is 0. The second-order valence-corrected chi connectivity index (χ2v) is 6.74. The molecule has 0 radical (unpaired) electrons. The van der Waals surface area contributed by atoms with Gasteiger partial charge in [-0.3, -0.25) is 4.79 Å². The van der Waals surface area contributed by atoms with E-state index in [4.69, 9.17) is 18.9 Å². The SMILES string of the molecule is COc1cccc(CC(=O)NCc2ccc(OCC3CCCO3)c(OC)c2)c1. The summed E-state index contributed by atoms with van der Waals surface area (Å²) in [6, 6.07) is 13.2. The van der Waals surface area contributed by atoms with Crippen LogP contribution in [0.5, 0.6) is 17.2 Å². The summed E-state index contributed by atoms with van der Waals surface area (Å²) in [5.41, 5.74) is 1.85. The highest BCUT2D eigenvalue weighted by Crippen LogP contribution is 2.29. The van der Waals surface area contributed by atoms with E-state index in [1.165, 1.54) is 0 Å². The molecule has 1 aliphatic rings. The molecule has 1 amide bonds. The molecule has 1 heterocycles. The number of rotatable bonds is 9. The molecule has 1 fully saturated rings. The first-order valence-electron chi connectivity index (χ1n) is 9.49. The van der Waals surface area contributed by atoms with E-state index in [1.807, 2.05) is 42.5 Å². The molecule has 150 valence electrons. The summed E-state index contributed by atoms with van der Waals surface area (Å²) in [7, 11) is 3.22. The van der Waals surface area contributed by atoms with Gasteiger partial charge in [0.15, 0.2) is 11.5 Å². The summed E-state index contributed by atoms with van der Waals surface area (Å²) in [6.07, 6.45) is 2.57. The van der Waals surface area contributed by atoms with Crippen molar-refractivity contribution in [1.82, 2.24) is 5.32 Å². The molecular weight excluding hydrogens is 358 g/mol. The van der Waals surface area contributed by atoms with Crippen LogP contribution in [-0.2, 0) is 22.5 Å². The average molecular weight is 385 g/mol. The van der Waals surface area contributed by atoms with Gasteiger partial charge in [-0.25, -0.2) is 0 Å². The number of nitrogens with one attached hydrogen (secondary N) is 1. The summed E-state index contributed by atoms with van der Waals surface area (Å²) in [5.74, 6) is 2.03. The third-order valence-corrected chi connectivity index (χ3v) is 4.67. The van der Waals surface area contributed by atoms with Crippen LogP contribution >= 0.6 is 0 Å². The number of amides is 1. The van der Waals surface area contributed by atoms with Crippen molar-refractivity contribution >= 4 is 5.91 Å². The van der Waals surface area contributed by atoms with Crippen LogP contribution in [0.4, 0.5) is 0 Å². The van der Waals surface area contributed by atoms with Crippen molar-refractivity contribution in [3.8, 4) is 17.2 Å². The van der Waals surface area contributed by atoms with Gasteiger partial charge in [-0.1, -0.05) is 18.2 Å². The highest BCUT2D eigenvalue weighted by molar-refractivity contribution is 5.78. The predicted octanol–water partition coefficient (Wildman–Crippen LogP) is 3.12. The molecule has 2 aromatic carbocycles. The van der Waals surface area contributed by atoms with Crippen molar-refractivity contribution < 1.29 is 23.7 Å². The van der Waals surface area contributed by atoms with Crippen molar-refractivity contribution in [1.29, 1.82) is 0 Å². The maximum atomic E-state index is 12.2. The van der Waals surface area contributed by atoms with Gasteiger partial charge in [0, 0.05) is 13.2 Å². The molecule has 1 saturated heterocycles. The maximum absolute atomic E-state index is 12.2. The summed E-state index contributed by atoms with van der Waals surface area (Å²) in [4.78, 5) is 12.2. The Kier molecular flexibility index (Phi) is 7.14. The Hall–Kier alpha value is -2.73. The Morgan fingerprint density at radius 3 is 2.75 bits per heavy atom. The van der Waals surface area contributed by atoms with Crippen LogP contribution in [0.15, 0.2) is 42.5 Å². The first-order valence-corrected chi connectivity index (χ1v) is 9.49. The lowest BCUT2D eigenvalue weighted by molar-refractivity contribution is -0.120. The van der Waals surface area contributed by atoms with Gasteiger partial charge in [0.2, 0.25) is 5.91 Å². The number of hydrogen-bond acceptors (Lipinski definition) is 5. The number of carbonyl (C=O) groups excluding carboxylic acids is 1. The fourth-order valence-electron chi connectivity index (χ4n) is 3.13. The van der Waals surface area contributed by atoms with E-state index in [2.05, 4.69) is 5.32 Å². The van der Waals surface area contributed by atoms with Gasteiger partial charge >= 0.3 is 0 Å². The van der Waals surface area contributed by atoms with E-state index in [9.17, 15) is 4.79 Å². The molecule has 1 unspecified atom stereocenters. The lowest BCUT2D eigenvalue weighted by atomic mass is 10.1. The molecule has 1 atom stereocenters. The topological polar surface area (TPSA) is 66.0 Å². The lowest BCUT2D eigenvalue weighted by Gasteiger charge is -2.15. The van der Waals surface area contributed by atoms with Crippen LogP contribution in [-0.4, -0.2) is 39.4 Å². The van der Waals surface area contributed by atoms with Crippen molar-refractivity contribution in [2.45, 2.75) is 31.9 Å². The monoisotopic (exact) mass is 385 g/mol. The zero-order valence-corrected chi connectivity index (χ0v) is 16.4. The molecule has 0 saturated carbocycles. The average Bonchev–Trinajstić information content (AvgIpc) is 3.24. The van der Waals surface area contributed by atoms with E-state index >= 15 is 0 Å². The first-order chi connectivity index (χ1) is 13.7. The summed E-state index contributed by atoms with van der Waals surface area (Å²) in [6.45, 7) is 1.75. The molecule has 6 heteroatoms. The Labute approximate surface area is 165 Å². The van der Waals surface area contributed by atoms with Crippen molar-refractivity contribution in [2.75, 3.05) is 27.4 Å². The Morgan fingerprint density at radius 1 is 1.11 bits per heavy atom. The van der Waals surface area contributed by atoms with Crippen LogP contribution in [0.25, 0.3) is 0 Å². The van der Waals surface area contributed by atoms with E-state index in [0.717, 1.165) is 36.3 Å². The molecule has 6 nitrogen and oxygen atoms in total. The van der Waals surface area contributed by atoms with Crippen molar-refractivity contribution in [2.24, 2.45) is 0 Å². The van der Waals surface area contributed by atoms with Crippen LogP contribution in [0.3, 0.4) is 0 Å². The molecule has 0 bridgehead atoms. The van der Waals surface area contributed by atoms with E-state index in [1.54, 1.807) is 14.2 Å². The number of ether oxygens (including phenoxy) is 4. The zero-order chi connectivity index (χ0) is 19.8. The minimum absolute atomic E-state index is 0.0501. The maximum Gasteiger partial charge on any atom is 0.224 e. The minimum atomic E-state index is -0.0501. The number of benzene rings is 2. The minimum Gasteiger partial charge on any atom is -0.497 e. The molecule has 1 aliphatic heterocycles. The van der Waals surface area contributed by atoms with E-state index < -0.39 is 0 Å². The first kappa shape index (κ1) is 20.0. The van der Waals surface area contributed by atoms with E-state index in [0.29, 0.717) is 31.1 Å². The molecule has 1 N–H and O–H groups in total. The number of hydrogen-bond donors (Lipinski definition) is 1. The number of methoxy groups -OCH3 is 2. The third-order valence-electron chi connectivity index (χ3n) is 4.67. The Morgan fingerprint density at radius 2 is 2.00 bits per heavy atom. The second-order valence-electron chi connectivity index (χ2n) is 6.74. The van der Waals surface area contributed by atoms with Gasteiger partial charge in [-0.05, 0) is 48.2 Å². The van der Waals surface area contributed by atoms with Gasteiger partial charge in [0.1, 0.15) is 12.4 Å². The Balaban J connectivity index is 1.52. The van der Waals surface area contributed by atoms with Gasteiger partial charge in [0.25, 0.3) is 0 Å². The predicted molar refractivity (Wildman–Crippen MR) is 106 cm³/mol. The van der Waals surface area contributed by atoms with Crippen molar-refractivity contribution in [3.63, 3.8) is 0 Å². The standard InChI is InChI=1S/C22H27NO5/c1-25-18-6-3-5-16(11-18)13-22(24)23-14-17-8-9-20(21(12-17)26-2)28-15-19-7-4-10-27-19/h3,5-6,8-9,11-12,19H,4,7,10,13-15H2,1-2H3,(H,23,24). The summed E-state index contributed by atoms with van der Waals surface area (Å²) < 4.78 is 22.0. The molecule has 0 spiro atoms. The fourth-order valence-corrected chi connectivity index (χ4v) is 3.13. The van der Waals surface area contributed by atoms with Crippen LogP contribution in [0.2, 0.25) is 0 Å². The van der Waals surface area contributed by atoms with Gasteiger partial charge in [0.05, 0.1) is 26.7 Å². The second kappa shape index (κ2) is 9.99. The zero-order valence-electron chi connectivity index (χ0n) is 16.4. The highest BCUT2D eigenvalue weighted by Gasteiger charge is 2.17. The quantitative estimate of drug-likeness (QED) is 0.718. The van der Waals surface area contributed by atoms with Gasteiger partial charge < -0.3 is 24.3 Å². The van der Waals surface area contributed by atoms with Gasteiger partial charge in [-0.15, -0.1) is 0 Å². The number of carbonyl (C=O) groups is 1. The van der Waals surface area contributed by atoms with Crippen LogP contribution in [0.1, 0.15) is 24.0 Å². The van der Waals surface area contributed by atoms with Crippen LogP contribution < -0.4 is 19.5 Å². The third kappa shape index (κ3) is 5.63. The largest absolute Gasteiger partial charge is 0.497 e. The lowest BCUT2D eigenvalue weighted by Crippen LogP contribution is -2.24. The molecule has 0 aliphatic carbocycles. The molecule has 28 heavy (non-hydrogen) atoms. The van der Waals surface area contributed by atoms with Gasteiger partial charge in [-0.2, -0.15) is 0 Å². The smallest absolute Gasteiger partial charge is 0.224 e. The molecular formula is C22H27NO5. The summed E-state index contributed by atoms with van der Waals surface area (Å²) in [5, 5.41) is 2.94. The van der Waals surface area contributed by atoms with Crippen molar-refractivity contribution in [3.05, 3.63) is 53.6 Å². The molecule has 2 aromatic rings. The molecule has 3 rings (SSSR count). The van der Waals surface area contributed by atoms with Crippen LogP contribution in [0, 0.1) is 0 Å². The Bertz CT molecular complexity index is 786. The highest BCUT2D eigenvalue weighted by atomic mass is 16.5. The fraction of sp³-hybridized carbons (Fsp3) is 0.409. The van der Waals surface area contributed by atoms with E-state index in [-0.39, 0.29) is 12.0 Å².